The quantitative estimate of drug-likeness (QED) is 0.364. The van der Waals surface area contributed by atoms with E-state index >= 15 is 0 Å². The van der Waals surface area contributed by atoms with Crippen LogP contribution in [0.4, 0.5) is 5.69 Å². The summed E-state index contributed by atoms with van der Waals surface area (Å²) >= 11 is 0. The fraction of sp³-hybridized carbons (Fsp3) is 0.226. The van der Waals surface area contributed by atoms with E-state index in [1.165, 1.54) is 5.56 Å². The molecule has 5 nitrogen and oxygen atoms in total. The number of para-hydroxylation sites is 2. The second-order valence-electron chi connectivity index (χ2n) is 9.90. The number of amides is 2. The number of rotatable bonds is 5. The van der Waals surface area contributed by atoms with Gasteiger partial charge >= 0.3 is 0 Å². The van der Waals surface area contributed by atoms with Gasteiger partial charge in [-0.15, -0.1) is 0 Å². The molecule has 0 radical (unpaired) electrons. The molecule has 2 heterocycles. The molecular formula is C31H29N3O2. The third-order valence-electron chi connectivity index (χ3n) is 7.23. The Morgan fingerprint density at radius 1 is 0.806 bits per heavy atom. The van der Waals surface area contributed by atoms with Gasteiger partial charge in [0.15, 0.2) is 0 Å². The maximum absolute atomic E-state index is 14.2. The summed E-state index contributed by atoms with van der Waals surface area (Å²) in [6.07, 6.45) is 3.92. The van der Waals surface area contributed by atoms with Gasteiger partial charge in [0.05, 0.1) is 17.1 Å². The summed E-state index contributed by atoms with van der Waals surface area (Å²) in [5.74, 6) is -0.153. The van der Waals surface area contributed by atoms with Crippen LogP contribution >= 0.6 is 0 Å². The second-order valence-corrected chi connectivity index (χ2v) is 9.90. The molecule has 1 atom stereocenters. The summed E-state index contributed by atoms with van der Waals surface area (Å²) in [5.41, 5.74) is 6.82. The van der Waals surface area contributed by atoms with Crippen molar-refractivity contribution in [1.82, 2.24) is 9.47 Å². The number of carbonyl (C=O) groups is 2. The van der Waals surface area contributed by atoms with Crippen molar-refractivity contribution in [3.8, 4) is 5.69 Å². The predicted octanol–water partition coefficient (Wildman–Crippen LogP) is 5.83. The largest absolute Gasteiger partial charge is 0.326 e. The molecular weight excluding hydrogens is 446 g/mol. The fourth-order valence-electron chi connectivity index (χ4n) is 5.16. The lowest BCUT2D eigenvalue weighted by molar-refractivity contribution is -0.119. The molecule has 0 saturated heterocycles. The van der Waals surface area contributed by atoms with E-state index in [1.807, 2.05) is 66.4 Å². The van der Waals surface area contributed by atoms with Crippen LogP contribution in [-0.4, -0.2) is 33.9 Å². The highest BCUT2D eigenvalue weighted by atomic mass is 16.2. The number of hydrogen-bond acceptors (Lipinski definition) is 2. The van der Waals surface area contributed by atoms with Crippen LogP contribution in [0, 0.1) is 13.8 Å². The van der Waals surface area contributed by atoms with Crippen LogP contribution in [0.5, 0.6) is 0 Å². The topological polar surface area (TPSA) is 45.6 Å². The molecule has 1 aliphatic carbocycles. The van der Waals surface area contributed by atoms with Gasteiger partial charge in [-0.25, -0.2) is 0 Å². The number of aromatic nitrogens is 1. The van der Waals surface area contributed by atoms with Gasteiger partial charge in [0, 0.05) is 17.8 Å². The predicted molar refractivity (Wildman–Crippen MR) is 142 cm³/mol. The van der Waals surface area contributed by atoms with Crippen molar-refractivity contribution in [3.63, 3.8) is 0 Å². The first-order valence-electron chi connectivity index (χ1n) is 12.5. The number of hydrogen-bond donors (Lipinski definition) is 0. The van der Waals surface area contributed by atoms with Crippen molar-refractivity contribution in [2.24, 2.45) is 0 Å². The monoisotopic (exact) mass is 475 g/mol. The van der Waals surface area contributed by atoms with Crippen LogP contribution in [0.25, 0.3) is 5.69 Å². The lowest BCUT2D eigenvalue weighted by Gasteiger charge is -2.39. The molecule has 0 spiro atoms. The summed E-state index contributed by atoms with van der Waals surface area (Å²) in [5, 5.41) is 0. The maximum atomic E-state index is 14.2. The molecule has 1 aliphatic heterocycles. The van der Waals surface area contributed by atoms with E-state index in [2.05, 4.69) is 48.0 Å². The molecule has 3 aromatic carbocycles. The zero-order valence-corrected chi connectivity index (χ0v) is 20.6. The third kappa shape index (κ3) is 3.91. The smallest absolute Gasteiger partial charge is 0.254 e. The molecule has 2 aliphatic rings. The number of carbonyl (C=O) groups excluding carboxylic acids is 2. The van der Waals surface area contributed by atoms with Gasteiger partial charge in [0.25, 0.3) is 5.91 Å². The van der Waals surface area contributed by atoms with Gasteiger partial charge in [0.2, 0.25) is 5.91 Å². The van der Waals surface area contributed by atoms with Gasteiger partial charge in [-0.2, -0.15) is 0 Å². The van der Waals surface area contributed by atoms with Crippen molar-refractivity contribution < 1.29 is 9.59 Å². The van der Waals surface area contributed by atoms with Crippen LogP contribution in [0.2, 0.25) is 0 Å². The Labute approximate surface area is 211 Å². The van der Waals surface area contributed by atoms with Gasteiger partial charge < -0.3 is 9.47 Å². The van der Waals surface area contributed by atoms with E-state index in [9.17, 15) is 9.59 Å². The van der Waals surface area contributed by atoms with E-state index in [1.54, 1.807) is 4.90 Å². The average molecular weight is 476 g/mol. The molecule has 180 valence electrons. The Bertz CT molecular complexity index is 1430. The normalized spacial score (nSPS) is 16.3. The standard InChI is InChI=1S/C31H29N3O2/c1-21-9-13-23(14-10-21)30-28-8-5-19-32(28)26-6-3-4-7-27(26)34(30)29(35)20-33(25-17-18-25)31(36)24-15-11-22(2)12-16-24/h3-16,19,25,30H,17-18,20H2,1-2H3. The molecule has 2 amide bonds. The van der Waals surface area contributed by atoms with Crippen molar-refractivity contribution in [2.75, 3.05) is 11.4 Å². The molecule has 36 heavy (non-hydrogen) atoms. The molecule has 1 unspecified atom stereocenters. The Balaban J connectivity index is 1.40. The Morgan fingerprint density at radius 2 is 1.44 bits per heavy atom. The third-order valence-corrected chi connectivity index (χ3v) is 7.23. The highest BCUT2D eigenvalue weighted by Crippen LogP contribution is 2.42. The Kier molecular flexibility index (Phi) is 5.48. The summed E-state index contributed by atoms with van der Waals surface area (Å²) in [6.45, 7) is 4.12. The highest BCUT2D eigenvalue weighted by molar-refractivity contribution is 6.03. The summed E-state index contributed by atoms with van der Waals surface area (Å²) in [6, 6.07) is 27.9. The number of benzene rings is 3. The Morgan fingerprint density at radius 3 is 2.11 bits per heavy atom. The van der Waals surface area contributed by atoms with E-state index in [4.69, 9.17) is 0 Å². The maximum Gasteiger partial charge on any atom is 0.254 e. The highest BCUT2D eigenvalue weighted by Gasteiger charge is 2.40. The number of anilines is 1. The van der Waals surface area contributed by atoms with E-state index in [-0.39, 0.29) is 30.4 Å². The van der Waals surface area contributed by atoms with Crippen molar-refractivity contribution in [1.29, 1.82) is 0 Å². The first kappa shape index (κ1) is 22.4. The second kappa shape index (κ2) is 8.83. The summed E-state index contributed by atoms with van der Waals surface area (Å²) < 4.78 is 2.17. The molecule has 1 aromatic heterocycles. The van der Waals surface area contributed by atoms with E-state index in [0.29, 0.717) is 5.56 Å². The molecule has 0 N–H and O–H groups in total. The van der Waals surface area contributed by atoms with Crippen LogP contribution in [0.1, 0.15) is 51.6 Å². The van der Waals surface area contributed by atoms with Crippen molar-refractivity contribution in [2.45, 2.75) is 38.8 Å². The van der Waals surface area contributed by atoms with Crippen LogP contribution in [0.15, 0.2) is 91.1 Å². The zero-order chi connectivity index (χ0) is 24.8. The van der Waals surface area contributed by atoms with Crippen LogP contribution in [-0.2, 0) is 4.79 Å². The van der Waals surface area contributed by atoms with E-state index in [0.717, 1.165) is 41.0 Å². The zero-order valence-electron chi connectivity index (χ0n) is 20.6. The van der Waals surface area contributed by atoms with Crippen LogP contribution < -0.4 is 4.90 Å². The molecule has 6 rings (SSSR count). The summed E-state index contributed by atoms with van der Waals surface area (Å²) in [7, 11) is 0. The number of nitrogens with zero attached hydrogens (tertiary/aromatic N) is 3. The molecule has 1 saturated carbocycles. The van der Waals surface area contributed by atoms with Crippen molar-refractivity contribution >= 4 is 17.5 Å². The molecule has 0 bridgehead atoms. The molecule has 4 aromatic rings. The first-order chi connectivity index (χ1) is 17.5. The minimum absolute atomic E-state index is 0.0504. The number of fused-ring (bicyclic) bond motifs is 3. The van der Waals surface area contributed by atoms with Gasteiger partial charge in [-0.05, 0) is 68.7 Å². The Hall–Kier alpha value is -4.12. The van der Waals surface area contributed by atoms with Crippen LogP contribution in [0.3, 0.4) is 0 Å². The average Bonchev–Trinajstić information content (AvgIpc) is 3.62. The lowest BCUT2D eigenvalue weighted by Crippen LogP contribution is -2.47. The minimum Gasteiger partial charge on any atom is -0.326 e. The SMILES string of the molecule is Cc1ccc(C(=O)N(CC(=O)N2c3ccccc3-n3cccc3C2c2ccc(C)cc2)C2CC2)cc1. The van der Waals surface area contributed by atoms with Crippen molar-refractivity contribution in [3.05, 3.63) is 119 Å². The number of aryl methyl sites for hydroxylation is 2. The fourth-order valence-corrected chi connectivity index (χ4v) is 5.16. The van der Waals surface area contributed by atoms with Gasteiger partial charge in [-0.1, -0.05) is 59.7 Å². The minimum atomic E-state index is -0.279. The summed E-state index contributed by atoms with van der Waals surface area (Å²) in [4.78, 5) is 31.4. The van der Waals surface area contributed by atoms with Gasteiger partial charge in [0.1, 0.15) is 12.6 Å². The van der Waals surface area contributed by atoms with E-state index < -0.39 is 0 Å². The molecule has 1 fully saturated rings. The molecule has 5 heteroatoms. The first-order valence-corrected chi connectivity index (χ1v) is 12.5. The lowest BCUT2D eigenvalue weighted by atomic mass is 9.97. The van der Waals surface area contributed by atoms with Gasteiger partial charge in [-0.3, -0.25) is 14.5 Å².